The van der Waals surface area contributed by atoms with E-state index in [1.165, 1.54) is 24.4 Å². The first-order valence-electron chi connectivity index (χ1n) is 16.6. The number of carboxylic acids is 1. The van der Waals surface area contributed by atoms with Crippen molar-refractivity contribution in [3.63, 3.8) is 0 Å². The summed E-state index contributed by atoms with van der Waals surface area (Å²) in [5, 5.41) is 24.4. The predicted molar refractivity (Wildman–Crippen MR) is 180 cm³/mol. The second-order valence-electron chi connectivity index (χ2n) is 12.5. The standard InChI is InChI=1S/C34H34ClFN8O8/c35-19-9-11-26-41-28(29(36)44(26)16-19)32(48)38-20-14-24-30(46)40-22(34(50)51)10-12-27(45)37-13-5-4-8-21(33(49)43(24)17-20)39-31(47)25-15-23(42-52-25)18-6-2-1-3-7-18/h1-3,6-7,9,11,15-16,20-22,24H,4-5,8,10,12-14,17H2,(H,37,45)(H,38,48)(H,39,47)(H,40,46)(H,50,51)/t20-,21+,22+,24+/m1/s1. The third-order valence-electron chi connectivity index (χ3n) is 8.88. The average Bonchev–Trinajstić information content (AvgIpc) is 3.87. The maximum Gasteiger partial charge on any atom is 0.326 e. The SMILES string of the molecule is O=C1CC[C@@H](C(=O)O)NC(=O)[C@@H]2C[C@@H](NC(=O)c3nc4ccc(Cl)cn4c3F)CN2C(=O)[C@@H](NC(=O)c2cc(-c3ccccc3)no2)CCCCN1. The number of hydrogen-bond acceptors (Lipinski definition) is 9. The maximum atomic E-state index is 15.2. The minimum absolute atomic E-state index is 0.0920. The molecule has 3 aromatic heterocycles. The van der Waals surface area contributed by atoms with Crippen molar-refractivity contribution in [1.82, 2.24) is 40.7 Å². The number of nitrogens with zero attached hydrogens (tertiary/aromatic N) is 4. The van der Waals surface area contributed by atoms with Gasteiger partial charge in [-0.15, -0.1) is 0 Å². The van der Waals surface area contributed by atoms with Crippen LogP contribution in [0.2, 0.25) is 5.02 Å². The Balaban J connectivity index is 1.26. The summed E-state index contributed by atoms with van der Waals surface area (Å²) in [4.78, 5) is 84.3. The van der Waals surface area contributed by atoms with E-state index in [0.717, 1.165) is 9.30 Å². The molecule has 4 aromatic rings. The number of benzene rings is 1. The number of fused-ring (bicyclic) bond motifs is 2. The largest absolute Gasteiger partial charge is 0.480 e. The lowest BCUT2D eigenvalue weighted by molar-refractivity contribution is -0.144. The molecule has 4 atom stereocenters. The number of rotatable bonds is 6. The molecule has 0 unspecified atom stereocenters. The zero-order chi connectivity index (χ0) is 36.9. The van der Waals surface area contributed by atoms with Gasteiger partial charge in [-0.3, -0.25) is 28.4 Å². The molecule has 16 nitrogen and oxygen atoms in total. The van der Waals surface area contributed by atoms with Crippen molar-refractivity contribution in [3.8, 4) is 11.3 Å². The second kappa shape index (κ2) is 15.6. The number of halogens is 2. The number of amides is 5. The van der Waals surface area contributed by atoms with Crippen LogP contribution in [0.5, 0.6) is 0 Å². The van der Waals surface area contributed by atoms with Crippen LogP contribution in [0.3, 0.4) is 0 Å². The molecule has 5 N–H and O–H groups in total. The smallest absolute Gasteiger partial charge is 0.326 e. The number of nitrogens with one attached hydrogen (secondary N) is 4. The molecule has 2 saturated heterocycles. The molecular formula is C34H34ClFN8O8. The minimum atomic E-state index is -1.46. The van der Waals surface area contributed by atoms with E-state index < -0.39 is 71.3 Å². The Hall–Kier alpha value is -5.84. The number of imidazole rings is 1. The van der Waals surface area contributed by atoms with E-state index in [2.05, 4.69) is 31.4 Å². The summed E-state index contributed by atoms with van der Waals surface area (Å²) in [6, 6.07) is 8.41. The molecule has 5 amide bonds. The van der Waals surface area contributed by atoms with E-state index >= 15 is 4.39 Å². The number of carboxylic acid groups (broad SMARTS) is 1. The first-order chi connectivity index (χ1) is 25.0. The maximum absolute atomic E-state index is 15.2. The molecule has 2 aliphatic heterocycles. The van der Waals surface area contributed by atoms with E-state index in [4.69, 9.17) is 16.1 Å². The topological polar surface area (TPSA) is 217 Å². The third-order valence-corrected chi connectivity index (χ3v) is 9.11. The van der Waals surface area contributed by atoms with Gasteiger partial charge in [-0.25, -0.2) is 9.78 Å². The zero-order valence-electron chi connectivity index (χ0n) is 27.5. The molecule has 0 saturated carbocycles. The highest BCUT2D eigenvalue weighted by molar-refractivity contribution is 6.30. The van der Waals surface area contributed by atoms with Crippen molar-refractivity contribution < 1.29 is 42.8 Å². The van der Waals surface area contributed by atoms with Crippen molar-refractivity contribution in [2.24, 2.45) is 0 Å². The Bertz CT molecular complexity index is 2020. The van der Waals surface area contributed by atoms with Crippen molar-refractivity contribution in [1.29, 1.82) is 0 Å². The van der Waals surface area contributed by atoms with Crippen LogP contribution in [0.1, 0.15) is 59.6 Å². The lowest BCUT2D eigenvalue weighted by Gasteiger charge is -2.29. The van der Waals surface area contributed by atoms with Crippen LogP contribution in [0, 0.1) is 5.95 Å². The van der Waals surface area contributed by atoms with Crippen LogP contribution >= 0.6 is 11.6 Å². The number of pyridine rings is 1. The Labute approximate surface area is 300 Å². The molecule has 18 heteroatoms. The summed E-state index contributed by atoms with van der Waals surface area (Å²) in [5.74, 6) is -6.16. The van der Waals surface area contributed by atoms with Gasteiger partial charge in [-0.05, 0) is 44.2 Å². The van der Waals surface area contributed by atoms with Gasteiger partial charge in [0.05, 0.1) is 5.02 Å². The van der Waals surface area contributed by atoms with Crippen molar-refractivity contribution in [2.45, 2.75) is 62.7 Å². The molecule has 6 rings (SSSR count). The van der Waals surface area contributed by atoms with Crippen LogP contribution in [-0.2, 0) is 19.2 Å². The molecule has 0 radical (unpaired) electrons. The predicted octanol–water partition coefficient (Wildman–Crippen LogP) is 1.93. The van der Waals surface area contributed by atoms with E-state index in [9.17, 15) is 33.9 Å². The molecule has 0 bridgehead atoms. The van der Waals surface area contributed by atoms with Crippen LogP contribution in [0.15, 0.2) is 59.3 Å². The molecule has 1 aromatic carbocycles. The van der Waals surface area contributed by atoms with Gasteiger partial charge in [0.1, 0.15) is 29.5 Å². The summed E-state index contributed by atoms with van der Waals surface area (Å²) in [7, 11) is 0. The van der Waals surface area contributed by atoms with Crippen LogP contribution in [0.25, 0.3) is 16.9 Å². The van der Waals surface area contributed by atoms with E-state index in [1.54, 1.807) is 24.3 Å². The molecule has 272 valence electrons. The van der Waals surface area contributed by atoms with Gasteiger partial charge in [-0.2, -0.15) is 4.39 Å². The van der Waals surface area contributed by atoms with Gasteiger partial charge in [0, 0.05) is 43.4 Å². The summed E-state index contributed by atoms with van der Waals surface area (Å²) in [6.07, 6.45) is 1.55. The van der Waals surface area contributed by atoms with Crippen LogP contribution in [0.4, 0.5) is 4.39 Å². The molecule has 5 heterocycles. The number of hydrogen-bond donors (Lipinski definition) is 5. The lowest BCUT2D eigenvalue weighted by Crippen LogP contribution is -2.55. The zero-order valence-corrected chi connectivity index (χ0v) is 28.3. The first-order valence-corrected chi connectivity index (χ1v) is 16.9. The van der Waals surface area contributed by atoms with Crippen LogP contribution in [-0.4, -0.2) is 97.3 Å². The summed E-state index contributed by atoms with van der Waals surface area (Å²) >= 11 is 5.97. The fourth-order valence-electron chi connectivity index (χ4n) is 6.23. The highest BCUT2D eigenvalue weighted by Crippen LogP contribution is 2.24. The van der Waals surface area contributed by atoms with Gasteiger partial charge < -0.3 is 35.8 Å². The van der Waals surface area contributed by atoms with Crippen molar-refractivity contribution >= 4 is 52.8 Å². The quantitative estimate of drug-likeness (QED) is 0.194. The first kappa shape index (κ1) is 36.0. The second-order valence-corrected chi connectivity index (χ2v) is 12.9. The average molecular weight is 737 g/mol. The van der Waals surface area contributed by atoms with Crippen LogP contribution < -0.4 is 21.3 Å². The number of carbonyl (C=O) groups is 6. The summed E-state index contributed by atoms with van der Waals surface area (Å²) in [6.45, 7) is -0.0132. The fraction of sp³-hybridized carbons (Fsp3) is 0.353. The molecule has 2 fully saturated rings. The van der Waals surface area contributed by atoms with Crippen molar-refractivity contribution in [3.05, 3.63) is 77.2 Å². The fourth-order valence-corrected chi connectivity index (χ4v) is 6.39. The number of aromatic nitrogens is 3. The highest BCUT2D eigenvalue weighted by atomic mass is 35.5. The molecule has 0 spiro atoms. The Morgan fingerprint density at radius 2 is 1.81 bits per heavy atom. The molecule has 52 heavy (non-hydrogen) atoms. The van der Waals surface area contributed by atoms with E-state index in [-0.39, 0.29) is 55.2 Å². The Morgan fingerprint density at radius 1 is 1.02 bits per heavy atom. The summed E-state index contributed by atoms with van der Waals surface area (Å²) in [5.41, 5.74) is 0.667. The monoisotopic (exact) mass is 736 g/mol. The third kappa shape index (κ3) is 8.04. The normalized spacial score (nSPS) is 21.7. The minimum Gasteiger partial charge on any atom is -0.480 e. The Kier molecular flexibility index (Phi) is 10.8. The molecule has 2 aliphatic rings. The number of carbonyl (C=O) groups excluding carboxylic acids is 5. The van der Waals surface area contributed by atoms with Gasteiger partial charge in [0.2, 0.25) is 29.4 Å². The molecular weight excluding hydrogens is 703 g/mol. The molecule has 0 aliphatic carbocycles. The van der Waals surface area contributed by atoms with Gasteiger partial charge in [0.25, 0.3) is 11.8 Å². The summed E-state index contributed by atoms with van der Waals surface area (Å²) < 4.78 is 21.5. The van der Waals surface area contributed by atoms with Gasteiger partial charge in [-0.1, -0.05) is 47.1 Å². The number of aliphatic carboxylic acids is 1. The van der Waals surface area contributed by atoms with Crippen molar-refractivity contribution in [2.75, 3.05) is 13.1 Å². The van der Waals surface area contributed by atoms with E-state index in [1.807, 2.05) is 6.07 Å². The Morgan fingerprint density at radius 3 is 2.58 bits per heavy atom. The van der Waals surface area contributed by atoms with Gasteiger partial charge in [0.15, 0.2) is 5.69 Å². The lowest BCUT2D eigenvalue weighted by atomic mass is 10.1. The highest BCUT2D eigenvalue weighted by Gasteiger charge is 2.44. The van der Waals surface area contributed by atoms with E-state index in [0.29, 0.717) is 24.1 Å². The van der Waals surface area contributed by atoms with Gasteiger partial charge >= 0.3 is 5.97 Å².